The van der Waals surface area contributed by atoms with Gasteiger partial charge < -0.3 is 10.6 Å². The summed E-state index contributed by atoms with van der Waals surface area (Å²) in [5, 5.41) is 17.2. The van der Waals surface area contributed by atoms with Crippen molar-refractivity contribution in [3.63, 3.8) is 0 Å². The summed E-state index contributed by atoms with van der Waals surface area (Å²) >= 11 is 0. The summed E-state index contributed by atoms with van der Waals surface area (Å²) in [5.41, 5.74) is 0.741. The first kappa shape index (κ1) is 19.9. The number of tetrazole rings is 1. The highest BCUT2D eigenvalue weighted by Gasteiger charge is 2.16. The van der Waals surface area contributed by atoms with Gasteiger partial charge in [-0.1, -0.05) is 31.0 Å². The summed E-state index contributed by atoms with van der Waals surface area (Å²) in [5.74, 6) is 0.339. The molecule has 1 aliphatic rings. The Bertz CT molecular complexity index is 755. The van der Waals surface area contributed by atoms with Crippen LogP contribution in [0.25, 0.3) is 0 Å². The normalized spacial score (nSPS) is 15.0. The van der Waals surface area contributed by atoms with Crippen molar-refractivity contribution in [2.75, 3.05) is 25.0 Å². The van der Waals surface area contributed by atoms with E-state index in [1.807, 2.05) is 30.3 Å². The Morgan fingerprint density at radius 3 is 2.50 bits per heavy atom. The molecule has 0 bridgehead atoms. The third-order valence-corrected chi connectivity index (χ3v) is 4.69. The smallest absolute Gasteiger partial charge is 0.241 e. The van der Waals surface area contributed by atoms with Crippen molar-refractivity contribution in [1.82, 2.24) is 30.4 Å². The average Bonchev–Trinajstić information content (AvgIpc) is 2.95. The Labute approximate surface area is 164 Å². The lowest BCUT2D eigenvalue weighted by molar-refractivity contribution is -0.122. The van der Waals surface area contributed by atoms with Gasteiger partial charge in [-0.25, -0.2) is 4.68 Å². The van der Waals surface area contributed by atoms with Gasteiger partial charge in [0.25, 0.3) is 0 Å². The zero-order valence-electron chi connectivity index (χ0n) is 16.0. The summed E-state index contributed by atoms with van der Waals surface area (Å²) in [6.07, 6.45) is 5.11. The number of hydrogen-bond donors (Lipinski definition) is 2. The van der Waals surface area contributed by atoms with Gasteiger partial charge in [0.2, 0.25) is 11.8 Å². The molecule has 1 saturated heterocycles. The number of carbonyl (C=O) groups is 2. The van der Waals surface area contributed by atoms with E-state index in [4.69, 9.17) is 0 Å². The summed E-state index contributed by atoms with van der Waals surface area (Å²) in [7, 11) is 0. The quantitative estimate of drug-likeness (QED) is 0.707. The lowest BCUT2D eigenvalue weighted by Gasteiger charge is -2.18. The number of likely N-dealkylation sites (tertiary alicyclic amines) is 1. The molecule has 0 atom stereocenters. The molecule has 0 radical (unpaired) electrons. The Balaban J connectivity index is 1.40. The molecule has 2 aromatic rings. The summed E-state index contributed by atoms with van der Waals surface area (Å²) in [6, 6.07) is 9.23. The van der Waals surface area contributed by atoms with E-state index in [1.165, 1.54) is 30.4 Å². The Hall–Kier alpha value is -2.81. The minimum absolute atomic E-state index is 0.0521. The van der Waals surface area contributed by atoms with Gasteiger partial charge in [0.15, 0.2) is 5.82 Å². The molecule has 0 saturated carbocycles. The number of aromatic nitrogens is 4. The molecule has 9 nitrogen and oxygen atoms in total. The van der Waals surface area contributed by atoms with Crippen LogP contribution in [0.2, 0.25) is 0 Å². The van der Waals surface area contributed by atoms with Gasteiger partial charge in [-0.15, -0.1) is 5.10 Å². The first-order valence-corrected chi connectivity index (χ1v) is 9.80. The van der Waals surface area contributed by atoms with Crippen LogP contribution < -0.4 is 10.6 Å². The lowest BCUT2D eigenvalue weighted by atomic mass is 10.2. The second-order valence-electron chi connectivity index (χ2n) is 6.96. The fraction of sp³-hybridized carbons (Fsp3) is 0.526. The molecule has 1 aromatic carbocycles. The highest BCUT2D eigenvalue weighted by Crippen LogP contribution is 2.11. The van der Waals surface area contributed by atoms with Crippen molar-refractivity contribution in [2.45, 2.75) is 45.2 Å². The predicted octanol–water partition coefficient (Wildman–Crippen LogP) is 1.19. The number of nitrogens with one attached hydrogen (secondary N) is 2. The molecule has 28 heavy (non-hydrogen) atoms. The van der Waals surface area contributed by atoms with E-state index in [1.54, 1.807) is 0 Å². The van der Waals surface area contributed by atoms with Crippen molar-refractivity contribution in [1.29, 1.82) is 0 Å². The topological polar surface area (TPSA) is 105 Å². The maximum atomic E-state index is 12.2. The number of nitrogens with zero attached hydrogens (tertiary/aromatic N) is 5. The fourth-order valence-electron chi connectivity index (χ4n) is 3.21. The van der Waals surface area contributed by atoms with Crippen LogP contribution in [0.1, 0.15) is 37.9 Å². The van der Waals surface area contributed by atoms with E-state index in [9.17, 15) is 9.59 Å². The van der Waals surface area contributed by atoms with Gasteiger partial charge in [0.05, 0.1) is 6.54 Å². The van der Waals surface area contributed by atoms with Crippen LogP contribution in [-0.4, -0.2) is 56.6 Å². The van der Waals surface area contributed by atoms with Crippen molar-refractivity contribution in [3.05, 3.63) is 36.2 Å². The summed E-state index contributed by atoms with van der Waals surface area (Å²) < 4.78 is 1.53. The van der Waals surface area contributed by atoms with Gasteiger partial charge >= 0.3 is 0 Å². The van der Waals surface area contributed by atoms with Crippen molar-refractivity contribution in [2.24, 2.45) is 0 Å². The number of amides is 2. The molecule has 9 heteroatoms. The Kier molecular flexibility index (Phi) is 7.48. The van der Waals surface area contributed by atoms with Gasteiger partial charge in [-0.2, -0.15) is 0 Å². The van der Waals surface area contributed by atoms with E-state index in [0.29, 0.717) is 12.4 Å². The van der Waals surface area contributed by atoms with Crippen molar-refractivity contribution in [3.8, 4) is 0 Å². The molecule has 0 unspecified atom stereocenters. The lowest BCUT2D eigenvalue weighted by Crippen LogP contribution is -2.32. The molecular formula is C19H27N7O2. The molecule has 1 aliphatic heterocycles. The van der Waals surface area contributed by atoms with Crippen LogP contribution in [0.5, 0.6) is 0 Å². The van der Waals surface area contributed by atoms with E-state index < -0.39 is 0 Å². The molecule has 150 valence electrons. The van der Waals surface area contributed by atoms with Gasteiger partial charge in [0.1, 0.15) is 6.54 Å². The van der Waals surface area contributed by atoms with E-state index in [0.717, 1.165) is 18.8 Å². The maximum absolute atomic E-state index is 12.2. The zero-order valence-corrected chi connectivity index (χ0v) is 16.0. The zero-order chi connectivity index (χ0) is 19.6. The van der Waals surface area contributed by atoms with Crippen molar-refractivity contribution < 1.29 is 9.59 Å². The average molecular weight is 385 g/mol. The van der Waals surface area contributed by atoms with Crippen LogP contribution >= 0.6 is 0 Å². The molecule has 0 aliphatic carbocycles. The number of para-hydroxylation sites is 1. The molecule has 3 rings (SSSR count). The SMILES string of the molecule is O=C(Cn1nnnc1CN1CCCCCC1)NCCC(=O)Nc1ccccc1. The number of rotatable bonds is 8. The van der Waals surface area contributed by atoms with Gasteiger partial charge in [-0.05, 0) is 48.5 Å². The van der Waals surface area contributed by atoms with Crippen LogP contribution in [-0.2, 0) is 22.7 Å². The third kappa shape index (κ3) is 6.41. The minimum atomic E-state index is -0.211. The molecule has 0 spiro atoms. The number of carbonyl (C=O) groups excluding carboxylic acids is 2. The third-order valence-electron chi connectivity index (χ3n) is 4.69. The van der Waals surface area contributed by atoms with Gasteiger partial charge in [-0.3, -0.25) is 14.5 Å². The summed E-state index contributed by atoms with van der Waals surface area (Å²) in [6.45, 7) is 3.04. The van der Waals surface area contributed by atoms with Crippen LogP contribution in [0.4, 0.5) is 5.69 Å². The van der Waals surface area contributed by atoms with E-state index in [-0.39, 0.29) is 31.3 Å². The van der Waals surface area contributed by atoms with Crippen LogP contribution in [0, 0.1) is 0 Å². The number of hydrogen-bond acceptors (Lipinski definition) is 6. The molecule has 2 amide bonds. The van der Waals surface area contributed by atoms with E-state index in [2.05, 4.69) is 31.1 Å². The van der Waals surface area contributed by atoms with Gasteiger partial charge in [0, 0.05) is 18.7 Å². The highest BCUT2D eigenvalue weighted by atomic mass is 16.2. The maximum Gasteiger partial charge on any atom is 0.241 e. The van der Waals surface area contributed by atoms with Crippen LogP contribution in [0.15, 0.2) is 30.3 Å². The summed E-state index contributed by atoms with van der Waals surface area (Å²) in [4.78, 5) is 26.4. The highest BCUT2D eigenvalue weighted by molar-refractivity contribution is 5.91. The molecule has 2 N–H and O–H groups in total. The second-order valence-corrected chi connectivity index (χ2v) is 6.96. The minimum Gasteiger partial charge on any atom is -0.354 e. The second kappa shape index (κ2) is 10.5. The number of benzene rings is 1. The van der Waals surface area contributed by atoms with Crippen molar-refractivity contribution >= 4 is 17.5 Å². The Morgan fingerprint density at radius 2 is 1.75 bits per heavy atom. The standard InChI is InChI=1S/C19H27N7O2/c27-18(21-16-8-4-3-5-9-16)10-11-20-19(28)15-26-17(22-23-24-26)14-25-12-6-1-2-7-13-25/h3-5,8-9H,1-2,6-7,10-15H2,(H,20,28)(H,21,27). The fourth-order valence-corrected chi connectivity index (χ4v) is 3.21. The van der Waals surface area contributed by atoms with Crippen LogP contribution in [0.3, 0.4) is 0 Å². The van der Waals surface area contributed by atoms with E-state index >= 15 is 0 Å². The molecular weight excluding hydrogens is 358 g/mol. The first-order chi connectivity index (χ1) is 13.7. The first-order valence-electron chi connectivity index (χ1n) is 9.80. The predicted molar refractivity (Wildman–Crippen MR) is 104 cm³/mol. The largest absolute Gasteiger partial charge is 0.354 e. The number of anilines is 1. The molecule has 1 aromatic heterocycles. The monoisotopic (exact) mass is 385 g/mol. The Morgan fingerprint density at radius 1 is 1.00 bits per heavy atom. The molecule has 1 fully saturated rings. The molecule has 2 heterocycles.